The first-order chi connectivity index (χ1) is 8.60. The van der Waals surface area contributed by atoms with Crippen LogP contribution in [0.25, 0.3) is 0 Å². The Balaban J connectivity index is 1.77. The molecule has 5 nitrogen and oxygen atoms in total. The zero-order valence-electron chi connectivity index (χ0n) is 10.9. The molecule has 0 atom stereocenters. The van der Waals surface area contributed by atoms with E-state index in [0.29, 0.717) is 6.42 Å². The molecule has 0 aromatic rings. The van der Waals surface area contributed by atoms with Crippen molar-refractivity contribution in [1.82, 2.24) is 0 Å². The van der Waals surface area contributed by atoms with Crippen LogP contribution in [0.2, 0.25) is 0 Å². The van der Waals surface area contributed by atoms with Gasteiger partial charge in [-0.1, -0.05) is 32.6 Å². The molecule has 104 valence electrons. The molecular formula is C12H21O5P. The third kappa shape index (κ3) is 3.02. The number of phosphoric ester groups is 1. The van der Waals surface area contributed by atoms with Gasteiger partial charge in [0.15, 0.2) is 0 Å². The van der Waals surface area contributed by atoms with Gasteiger partial charge in [-0.05, 0) is 6.42 Å². The van der Waals surface area contributed by atoms with Gasteiger partial charge in [0, 0.05) is 6.42 Å². The molecule has 0 N–H and O–H groups in total. The minimum atomic E-state index is -3.30. The van der Waals surface area contributed by atoms with E-state index < -0.39 is 13.2 Å². The Morgan fingerprint density at radius 3 is 2.17 bits per heavy atom. The Bertz CT molecular complexity index is 323. The van der Waals surface area contributed by atoms with Crippen LogP contribution in [0.4, 0.5) is 0 Å². The van der Waals surface area contributed by atoms with E-state index in [4.69, 9.17) is 13.6 Å². The van der Waals surface area contributed by atoms with Crippen molar-refractivity contribution >= 4 is 13.6 Å². The minimum Gasteiger partial charge on any atom is -0.299 e. The van der Waals surface area contributed by atoms with Crippen molar-refractivity contribution in [3.8, 4) is 0 Å². The van der Waals surface area contributed by atoms with Crippen molar-refractivity contribution in [2.24, 2.45) is 5.41 Å². The van der Waals surface area contributed by atoms with Gasteiger partial charge in [-0.3, -0.25) is 18.4 Å². The van der Waals surface area contributed by atoms with Crippen molar-refractivity contribution in [3.63, 3.8) is 0 Å². The van der Waals surface area contributed by atoms with Crippen molar-refractivity contribution in [2.45, 2.75) is 45.4 Å². The lowest BCUT2D eigenvalue weighted by Gasteiger charge is -2.42. The third-order valence-corrected chi connectivity index (χ3v) is 4.93. The van der Waals surface area contributed by atoms with Crippen LogP contribution in [0.5, 0.6) is 0 Å². The number of rotatable bonds is 7. The minimum absolute atomic E-state index is 0.116. The largest absolute Gasteiger partial charge is 0.474 e. The van der Waals surface area contributed by atoms with E-state index in [0.717, 1.165) is 12.8 Å². The van der Waals surface area contributed by atoms with Gasteiger partial charge in [0.2, 0.25) is 0 Å². The maximum absolute atomic E-state index is 12.2. The average Bonchev–Trinajstić information content (AvgIpc) is 2.39. The molecule has 0 radical (unpaired) electrons. The summed E-state index contributed by atoms with van der Waals surface area (Å²) in [6, 6.07) is 0. The standard InChI is InChI=1S/C12H21O5P/c1-2-3-4-5-6-7-11(13)12-8-15-18(14,16-9-12)17-10-12/h2-10H2,1H3. The number of hydrogen-bond donors (Lipinski definition) is 0. The van der Waals surface area contributed by atoms with Crippen molar-refractivity contribution in [1.29, 1.82) is 0 Å². The summed E-state index contributed by atoms with van der Waals surface area (Å²) in [4.78, 5) is 12.2. The third-order valence-electron chi connectivity index (χ3n) is 3.60. The summed E-state index contributed by atoms with van der Waals surface area (Å²) in [6.07, 6.45) is 6.11. The molecule has 6 heteroatoms. The zero-order valence-corrected chi connectivity index (χ0v) is 11.7. The number of ketones is 1. The molecule has 0 unspecified atom stereocenters. The number of carbonyl (C=O) groups excluding carboxylic acids is 1. The van der Waals surface area contributed by atoms with E-state index >= 15 is 0 Å². The second-order valence-electron chi connectivity index (χ2n) is 5.14. The monoisotopic (exact) mass is 276 g/mol. The highest BCUT2D eigenvalue weighted by Gasteiger charge is 2.54. The molecule has 0 aromatic carbocycles. The van der Waals surface area contributed by atoms with Gasteiger partial charge in [0.05, 0.1) is 19.8 Å². The molecule has 3 heterocycles. The molecular weight excluding hydrogens is 255 g/mol. The van der Waals surface area contributed by atoms with E-state index in [-0.39, 0.29) is 25.6 Å². The molecule has 0 aliphatic carbocycles. The summed E-state index contributed by atoms with van der Waals surface area (Å²) < 4.78 is 26.6. The number of carbonyl (C=O) groups is 1. The first-order valence-electron chi connectivity index (χ1n) is 6.67. The van der Waals surface area contributed by atoms with Crippen molar-refractivity contribution in [2.75, 3.05) is 19.8 Å². The fourth-order valence-corrected chi connectivity index (χ4v) is 3.68. The van der Waals surface area contributed by atoms with Crippen LogP contribution < -0.4 is 0 Å². The number of phosphoric acid groups is 1. The molecule has 0 aromatic heterocycles. The van der Waals surface area contributed by atoms with Gasteiger partial charge in [0.1, 0.15) is 11.2 Å². The Labute approximate surface area is 108 Å². The highest BCUT2D eigenvalue weighted by Crippen LogP contribution is 2.60. The van der Waals surface area contributed by atoms with Gasteiger partial charge >= 0.3 is 7.82 Å². The highest BCUT2D eigenvalue weighted by atomic mass is 31.2. The Hall–Kier alpha value is -0.220. The maximum atomic E-state index is 12.2. The molecule has 0 amide bonds. The molecule has 0 spiro atoms. The lowest BCUT2D eigenvalue weighted by atomic mass is 9.83. The first-order valence-corrected chi connectivity index (χ1v) is 8.13. The molecule has 3 saturated heterocycles. The Morgan fingerprint density at radius 1 is 1.06 bits per heavy atom. The van der Waals surface area contributed by atoms with E-state index in [1.54, 1.807) is 0 Å². The normalized spacial score (nSPS) is 34.7. The Morgan fingerprint density at radius 2 is 1.61 bits per heavy atom. The summed E-state index contributed by atoms with van der Waals surface area (Å²) >= 11 is 0. The number of Topliss-reactive ketones (excluding diaryl/α,β-unsaturated/α-hetero) is 1. The van der Waals surface area contributed by atoms with Gasteiger partial charge < -0.3 is 0 Å². The van der Waals surface area contributed by atoms with Gasteiger partial charge in [0.25, 0.3) is 0 Å². The lowest BCUT2D eigenvalue weighted by molar-refractivity contribution is -0.150. The van der Waals surface area contributed by atoms with Crippen LogP contribution in [0.3, 0.4) is 0 Å². The van der Waals surface area contributed by atoms with Gasteiger partial charge in [-0.25, -0.2) is 4.57 Å². The quantitative estimate of drug-likeness (QED) is 0.528. The molecule has 3 aliphatic rings. The van der Waals surface area contributed by atoms with Gasteiger partial charge in [-0.15, -0.1) is 0 Å². The van der Waals surface area contributed by atoms with Crippen LogP contribution in [0.15, 0.2) is 0 Å². The van der Waals surface area contributed by atoms with E-state index in [1.807, 2.05) is 0 Å². The molecule has 3 aliphatic heterocycles. The molecule has 18 heavy (non-hydrogen) atoms. The van der Waals surface area contributed by atoms with E-state index in [2.05, 4.69) is 6.92 Å². The van der Waals surface area contributed by atoms with Crippen LogP contribution in [0, 0.1) is 5.41 Å². The highest BCUT2D eigenvalue weighted by molar-refractivity contribution is 7.48. The predicted molar refractivity (Wildman–Crippen MR) is 66.3 cm³/mol. The summed E-state index contributed by atoms with van der Waals surface area (Å²) in [6.45, 7) is 2.70. The number of fused-ring (bicyclic) bond motifs is 3. The van der Waals surface area contributed by atoms with Crippen LogP contribution in [-0.2, 0) is 22.9 Å². The first kappa shape index (κ1) is 14.2. The topological polar surface area (TPSA) is 61.8 Å². The molecule has 2 bridgehead atoms. The summed E-state index contributed by atoms with van der Waals surface area (Å²) in [5, 5.41) is 0. The zero-order chi connectivity index (χ0) is 13.1. The molecule has 3 fully saturated rings. The summed E-state index contributed by atoms with van der Waals surface area (Å²) in [5.41, 5.74) is -0.711. The Kier molecular flexibility index (Phi) is 4.59. The average molecular weight is 276 g/mol. The molecule has 0 saturated carbocycles. The van der Waals surface area contributed by atoms with Crippen molar-refractivity contribution in [3.05, 3.63) is 0 Å². The van der Waals surface area contributed by atoms with Crippen LogP contribution in [0.1, 0.15) is 45.4 Å². The SMILES string of the molecule is CCCCCCCC(=O)C12COP(=O)(OC1)OC2. The second-order valence-corrected chi connectivity index (χ2v) is 6.80. The van der Waals surface area contributed by atoms with Crippen LogP contribution in [-0.4, -0.2) is 25.6 Å². The summed E-state index contributed by atoms with van der Waals surface area (Å²) in [5.74, 6) is 0.116. The number of hydrogen-bond acceptors (Lipinski definition) is 5. The smallest absolute Gasteiger partial charge is 0.299 e. The fourth-order valence-electron chi connectivity index (χ4n) is 2.24. The molecule has 3 rings (SSSR count). The second kappa shape index (κ2) is 5.83. The summed E-state index contributed by atoms with van der Waals surface area (Å²) in [7, 11) is -3.30. The van der Waals surface area contributed by atoms with Gasteiger partial charge in [-0.2, -0.15) is 0 Å². The maximum Gasteiger partial charge on any atom is 0.474 e. The van der Waals surface area contributed by atoms with E-state index in [1.165, 1.54) is 19.3 Å². The van der Waals surface area contributed by atoms with E-state index in [9.17, 15) is 9.36 Å². The number of unbranched alkanes of at least 4 members (excludes halogenated alkanes) is 4. The fraction of sp³-hybridized carbons (Fsp3) is 0.917. The predicted octanol–water partition coefficient (Wildman–Crippen LogP) is 3.09. The lowest BCUT2D eigenvalue weighted by Crippen LogP contribution is -2.50. The van der Waals surface area contributed by atoms with Crippen LogP contribution >= 0.6 is 7.82 Å². The van der Waals surface area contributed by atoms with Crippen molar-refractivity contribution < 1.29 is 22.9 Å².